The number of rotatable bonds is 10. The molecule has 1 saturated carbocycles. The SMILES string of the molecule is Cc1nc(-c2ccccc2)c(-c2ccccc2)c2cc(-c3cn(CCOC(=O)CCC(=O)O[C@@H]4O[C@@H]5O[C@]6(C)CC[C@H]7[C@H](C)CC[C@@H]([C@H]4C)[C@@]57OO6)nn3)ccc12. The summed E-state index contributed by atoms with van der Waals surface area (Å²) in [6, 6.07) is 26.8. The summed E-state index contributed by atoms with van der Waals surface area (Å²) in [5.41, 5.74) is 5.90. The van der Waals surface area contributed by atoms with E-state index in [1.807, 2.05) is 69.4 Å². The summed E-state index contributed by atoms with van der Waals surface area (Å²) in [6.45, 7) is 8.55. The largest absolute Gasteiger partial charge is 0.464 e. The average molecular weight is 773 g/mol. The van der Waals surface area contributed by atoms with E-state index >= 15 is 0 Å². The molecule has 1 spiro atoms. The summed E-state index contributed by atoms with van der Waals surface area (Å²) in [7, 11) is 0. The summed E-state index contributed by atoms with van der Waals surface area (Å²) >= 11 is 0. The Morgan fingerprint density at radius 1 is 0.860 bits per heavy atom. The van der Waals surface area contributed by atoms with Crippen molar-refractivity contribution in [1.29, 1.82) is 0 Å². The molecule has 5 fully saturated rings. The van der Waals surface area contributed by atoms with Gasteiger partial charge in [0.1, 0.15) is 12.3 Å². The molecule has 0 amide bonds. The third-order valence-electron chi connectivity index (χ3n) is 12.6. The second-order valence-electron chi connectivity index (χ2n) is 16.3. The van der Waals surface area contributed by atoms with Crippen LogP contribution < -0.4 is 0 Å². The lowest BCUT2D eigenvalue weighted by atomic mass is 9.58. The number of aromatic nitrogens is 4. The number of carbonyl (C=O) groups is 2. The van der Waals surface area contributed by atoms with Gasteiger partial charge in [0.15, 0.2) is 11.9 Å². The molecule has 8 atom stereocenters. The lowest BCUT2D eigenvalue weighted by Gasteiger charge is -2.59. The predicted molar refractivity (Wildman–Crippen MR) is 209 cm³/mol. The van der Waals surface area contributed by atoms with E-state index in [-0.39, 0.29) is 37.2 Å². The van der Waals surface area contributed by atoms with Crippen molar-refractivity contribution >= 4 is 22.7 Å². The first kappa shape index (κ1) is 37.6. The molecule has 2 aromatic heterocycles. The van der Waals surface area contributed by atoms with E-state index in [4.69, 9.17) is 33.7 Å². The number of hydrogen-bond donors (Lipinski definition) is 0. The van der Waals surface area contributed by atoms with Crippen molar-refractivity contribution in [3.8, 4) is 33.6 Å². The van der Waals surface area contributed by atoms with Crippen molar-refractivity contribution in [3.05, 3.63) is 90.8 Å². The van der Waals surface area contributed by atoms with Gasteiger partial charge >= 0.3 is 11.9 Å². The van der Waals surface area contributed by atoms with E-state index in [0.29, 0.717) is 24.6 Å². The molecule has 4 aliphatic heterocycles. The second kappa shape index (κ2) is 15.1. The molecule has 3 aromatic carbocycles. The van der Waals surface area contributed by atoms with Crippen LogP contribution in [0.4, 0.5) is 0 Å². The van der Waals surface area contributed by atoms with Crippen LogP contribution in [0.5, 0.6) is 0 Å². The van der Waals surface area contributed by atoms with Gasteiger partial charge in [-0.2, -0.15) is 0 Å². The van der Waals surface area contributed by atoms with Crippen LogP contribution in [0.2, 0.25) is 0 Å². The van der Waals surface area contributed by atoms with Gasteiger partial charge in [-0.05, 0) is 62.0 Å². The minimum Gasteiger partial charge on any atom is -0.464 e. The lowest BCUT2D eigenvalue weighted by Crippen LogP contribution is -2.70. The molecule has 4 saturated heterocycles. The van der Waals surface area contributed by atoms with Crippen LogP contribution in [0.3, 0.4) is 0 Å². The Kier molecular flexibility index (Phi) is 9.92. The standard InChI is InChI=1S/C45H48N4O8/c1-27-15-18-36-28(2)42(54-43-45(36)35(27)21-22-44(4,55-43)56-57-45)53-39(51)20-19-38(50)52-24-23-49-26-37(47-48-49)32-16-17-33-29(3)46-41(31-13-9-6-10-14-31)40(34(33)25-32)30-11-7-5-8-12-30/h5-14,16-17,25-28,35-36,42-43H,15,18-24H2,1-4H3/t27-,28-,35+,36+,42-,43-,44+,45-/m1/s1. The van der Waals surface area contributed by atoms with Crippen LogP contribution in [0.25, 0.3) is 44.4 Å². The van der Waals surface area contributed by atoms with E-state index in [1.54, 1.807) is 4.68 Å². The Morgan fingerprint density at radius 2 is 1.61 bits per heavy atom. The third kappa shape index (κ3) is 6.92. The highest BCUT2D eigenvalue weighted by molar-refractivity contribution is 6.05. The maximum Gasteiger partial charge on any atom is 0.308 e. The molecular weight excluding hydrogens is 725 g/mol. The van der Waals surface area contributed by atoms with Crippen molar-refractivity contribution < 1.29 is 38.3 Å². The number of hydrogen-bond acceptors (Lipinski definition) is 11. The number of aryl methyl sites for hydroxylation is 1. The normalized spacial score (nSPS) is 29.1. The molecule has 12 heteroatoms. The fraction of sp³-hybridized carbons (Fsp3) is 0.444. The zero-order valence-electron chi connectivity index (χ0n) is 32.8. The van der Waals surface area contributed by atoms with E-state index in [2.05, 4.69) is 53.6 Å². The van der Waals surface area contributed by atoms with E-state index < -0.39 is 35.9 Å². The molecule has 57 heavy (non-hydrogen) atoms. The minimum absolute atomic E-state index is 0.0298. The number of pyridine rings is 1. The Hall–Kier alpha value is -5.01. The lowest BCUT2D eigenvalue weighted by molar-refractivity contribution is -0.576. The zero-order valence-corrected chi connectivity index (χ0v) is 32.8. The first-order chi connectivity index (χ1) is 27.6. The summed E-state index contributed by atoms with van der Waals surface area (Å²) in [6.07, 6.45) is 3.60. The molecule has 5 aromatic rings. The molecule has 0 N–H and O–H groups in total. The number of esters is 2. The summed E-state index contributed by atoms with van der Waals surface area (Å²) in [5.74, 6) is -1.43. The van der Waals surface area contributed by atoms with Crippen molar-refractivity contribution in [2.45, 2.75) is 96.7 Å². The molecule has 6 heterocycles. The maximum absolute atomic E-state index is 13.0. The number of ether oxygens (including phenoxy) is 4. The van der Waals surface area contributed by atoms with Gasteiger partial charge in [-0.1, -0.05) is 91.9 Å². The minimum atomic E-state index is -0.919. The smallest absolute Gasteiger partial charge is 0.308 e. The van der Waals surface area contributed by atoms with Crippen molar-refractivity contribution in [3.63, 3.8) is 0 Å². The molecule has 1 aliphatic carbocycles. The summed E-state index contributed by atoms with van der Waals surface area (Å²) in [4.78, 5) is 42.9. The van der Waals surface area contributed by atoms with E-state index in [0.717, 1.165) is 63.7 Å². The zero-order chi connectivity index (χ0) is 39.3. The number of nitrogens with zero attached hydrogens (tertiary/aromatic N) is 4. The van der Waals surface area contributed by atoms with Crippen LogP contribution in [-0.2, 0) is 44.9 Å². The second-order valence-corrected chi connectivity index (χ2v) is 16.3. The highest BCUT2D eigenvalue weighted by Gasteiger charge is 2.69. The van der Waals surface area contributed by atoms with E-state index in [9.17, 15) is 9.59 Å². The Bertz CT molecular complexity index is 2280. The summed E-state index contributed by atoms with van der Waals surface area (Å²) in [5, 5.41) is 10.9. The van der Waals surface area contributed by atoms with Crippen LogP contribution in [-0.4, -0.2) is 62.5 Å². The first-order valence-corrected chi connectivity index (χ1v) is 20.1. The molecule has 5 aliphatic rings. The quantitative estimate of drug-likeness (QED) is 0.100. The molecule has 10 rings (SSSR count). The van der Waals surface area contributed by atoms with Crippen LogP contribution in [0.15, 0.2) is 85.1 Å². The molecule has 12 nitrogen and oxygen atoms in total. The first-order valence-electron chi connectivity index (χ1n) is 20.1. The van der Waals surface area contributed by atoms with Gasteiger partial charge in [-0.15, -0.1) is 5.10 Å². The Morgan fingerprint density at radius 3 is 2.40 bits per heavy atom. The molecular formula is C45H48N4O8. The third-order valence-corrected chi connectivity index (χ3v) is 12.6. The van der Waals surface area contributed by atoms with Crippen molar-refractivity contribution in [2.24, 2.45) is 23.7 Å². The summed E-state index contributed by atoms with van der Waals surface area (Å²) < 4.78 is 25.7. The van der Waals surface area contributed by atoms with Crippen LogP contribution in [0, 0.1) is 30.6 Å². The predicted octanol–water partition coefficient (Wildman–Crippen LogP) is 8.21. The van der Waals surface area contributed by atoms with Gasteiger partial charge < -0.3 is 18.9 Å². The fourth-order valence-corrected chi connectivity index (χ4v) is 9.60. The van der Waals surface area contributed by atoms with Gasteiger partial charge in [-0.25, -0.2) is 14.5 Å². The monoisotopic (exact) mass is 772 g/mol. The molecule has 0 radical (unpaired) electrons. The van der Waals surface area contributed by atoms with Crippen LogP contribution >= 0.6 is 0 Å². The topological polar surface area (TPSA) is 133 Å². The Labute approximate surface area is 331 Å². The molecule has 296 valence electrons. The average Bonchev–Trinajstić information content (AvgIpc) is 3.58. The highest BCUT2D eigenvalue weighted by atomic mass is 17.3. The van der Waals surface area contributed by atoms with Gasteiger partial charge in [0.25, 0.3) is 0 Å². The van der Waals surface area contributed by atoms with Gasteiger partial charge in [0.05, 0.1) is 31.3 Å². The molecule has 2 bridgehead atoms. The highest BCUT2D eigenvalue weighted by Crippen LogP contribution is 2.60. The fourth-order valence-electron chi connectivity index (χ4n) is 9.60. The van der Waals surface area contributed by atoms with Crippen molar-refractivity contribution in [1.82, 2.24) is 20.0 Å². The van der Waals surface area contributed by atoms with Crippen molar-refractivity contribution in [2.75, 3.05) is 6.61 Å². The van der Waals surface area contributed by atoms with E-state index in [1.165, 1.54) is 0 Å². The van der Waals surface area contributed by atoms with Gasteiger partial charge in [0, 0.05) is 46.0 Å². The molecule has 0 unspecified atom stereocenters. The number of carbonyl (C=O) groups excluding carboxylic acids is 2. The maximum atomic E-state index is 13.0. The number of fused-ring (bicyclic) bond motifs is 3. The van der Waals surface area contributed by atoms with Crippen LogP contribution in [0.1, 0.15) is 65.0 Å². The van der Waals surface area contributed by atoms with Gasteiger partial charge in [0.2, 0.25) is 12.1 Å². The van der Waals surface area contributed by atoms with Gasteiger partial charge in [-0.3, -0.25) is 14.6 Å². The Balaban J connectivity index is 0.818. The number of benzene rings is 3.